The van der Waals surface area contributed by atoms with Crippen LogP contribution in [0.2, 0.25) is 0 Å². The summed E-state index contributed by atoms with van der Waals surface area (Å²) in [6.45, 7) is 4.42. The van der Waals surface area contributed by atoms with E-state index in [1.165, 1.54) is 11.6 Å². The first-order chi connectivity index (χ1) is 16.1. The smallest absolute Gasteiger partial charge is 0.254 e. The molecule has 0 spiro atoms. The molecule has 0 atom stereocenters. The van der Waals surface area contributed by atoms with Gasteiger partial charge in [-0.25, -0.2) is 9.37 Å². The third-order valence-corrected chi connectivity index (χ3v) is 6.36. The van der Waals surface area contributed by atoms with Gasteiger partial charge in [0, 0.05) is 37.1 Å². The first-order valence-electron chi connectivity index (χ1n) is 11.4. The molecule has 2 heterocycles. The highest BCUT2D eigenvalue weighted by Crippen LogP contribution is 2.27. The highest BCUT2D eigenvalue weighted by Gasteiger charge is 2.25. The molecule has 1 saturated heterocycles. The Morgan fingerprint density at radius 3 is 2.33 bits per heavy atom. The van der Waals surface area contributed by atoms with E-state index >= 15 is 0 Å². The number of fused-ring (bicyclic) bond motifs is 1. The third-order valence-electron chi connectivity index (χ3n) is 6.36. The highest BCUT2D eigenvalue weighted by atomic mass is 19.1. The quantitative estimate of drug-likeness (QED) is 0.417. The van der Waals surface area contributed by atoms with Gasteiger partial charge in [0.2, 0.25) is 0 Å². The molecule has 1 aliphatic rings. The molecule has 5 rings (SSSR count). The molecular weight excluding hydrogens is 413 g/mol. The van der Waals surface area contributed by atoms with E-state index in [1.54, 1.807) is 12.1 Å². The van der Waals surface area contributed by atoms with Gasteiger partial charge in [0.25, 0.3) is 5.91 Å². The Hall–Kier alpha value is -3.73. The minimum Gasteiger partial charge on any atom is -0.366 e. The van der Waals surface area contributed by atoms with Crippen molar-refractivity contribution >= 4 is 22.5 Å². The fraction of sp³-hybridized carbons (Fsp3) is 0.214. The van der Waals surface area contributed by atoms with Crippen LogP contribution in [0.3, 0.4) is 0 Å². The van der Waals surface area contributed by atoms with E-state index in [1.807, 2.05) is 46.2 Å². The number of para-hydroxylation sites is 2. The number of aromatic nitrogens is 1. The number of pyridine rings is 1. The Labute approximate surface area is 193 Å². The van der Waals surface area contributed by atoms with Crippen LogP contribution in [0, 0.1) is 5.82 Å². The van der Waals surface area contributed by atoms with Gasteiger partial charge >= 0.3 is 0 Å². The van der Waals surface area contributed by atoms with E-state index in [-0.39, 0.29) is 11.7 Å². The molecule has 5 heteroatoms. The highest BCUT2D eigenvalue weighted by molar-refractivity contribution is 6.07. The van der Waals surface area contributed by atoms with Crippen molar-refractivity contribution in [2.24, 2.45) is 0 Å². The van der Waals surface area contributed by atoms with Crippen LogP contribution in [-0.4, -0.2) is 42.0 Å². The molecule has 1 amide bonds. The number of piperazine rings is 1. The van der Waals surface area contributed by atoms with Crippen molar-refractivity contribution in [1.29, 1.82) is 0 Å². The molecule has 1 aliphatic heterocycles. The zero-order chi connectivity index (χ0) is 22.8. The van der Waals surface area contributed by atoms with Crippen LogP contribution < -0.4 is 4.90 Å². The number of amides is 1. The van der Waals surface area contributed by atoms with Crippen LogP contribution in [0.25, 0.3) is 22.2 Å². The average molecular weight is 440 g/mol. The summed E-state index contributed by atoms with van der Waals surface area (Å²) in [4.78, 5) is 22.3. The van der Waals surface area contributed by atoms with Gasteiger partial charge in [-0.15, -0.1) is 0 Å². The number of anilines is 1. The molecule has 0 aliphatic carbocycles. The number of carbonyl (C=O) groups excluding carboxylic acids is 1. The van der Waals surface area contributed by atoms with E-state index in [0.717, 1.165) is 28.6 Å². The fourth-order valence-corrected chi connectivity index (χ4v) is 4.44. The lowest BCUT2D eigenvalue weighted by atomic mass is 10.0. The molecule has 0 bridgehead atoms. The molecule has 4 aromatic rings. The minimum absolute atomic E-state index is 0.00629. The molecular formula is C28H26FN3O. The molecule has 4 nitrogen and oxygen atoms in total. The van der Waals surface area contributed by atoms with E-state index in [9.17, 15) is 9.18 Å². The zero-order valence-corrected chi connectivity index (χ0v) is 18.7. The Balaban J connectivity index is 1.44. The fourth-order valence-electron chi connectivity index (χ4n) is 4.44. The van der Waals surface area contributed by atoms with Crippen LogP contribution in [0.5, 0.6) is 0 Å². The molecule has 0 radical (unpaired) electrons. The number of halogens is 1. The van der Waals surface area contributed by atoms with Crippen molar-refractivity contribution in [3.63, 3.8) is 0 Å². The summed E-state index contributed by atoms with van der Waals surface area (Å²) < 4.78 is 14.2. The van der Waals surface area contributed by atoms with Crippen LogP contribution in [0.1, 0.15) is 22.8 Å². The van der Waals surface area contributed by atoms with E-state index in [2.05, 4.69) is 31.2 Å². The van der Waals surface area contributed by atoms with Gasteiger partial charge in [0.1, 0.15) is 5.82 Å². The van der Waals surface area contributed by atoms with E-state index in [0.29, 0.717) is 37.4 Å². The summed E-state index contributed by atoms with van der Waals surface area (Å²) in [6, 6.07) is 24.8. The van der Waals surface area contributed by atoms with Gasteiger partial charge in [-0.3, -0.25) is 4.79 Å². The second-order valence-corrected chi connectivity index (χ2v) is 8.35. The predicted molar refractivity (Wildman–Crippen MR) is 131 cm³/mol. The topological polar surface area (TPSA) is 36.4 Å². The number of aryl methyl sites for hydroxylation is 1. The third kappa shape index (κ3) is 4.19. The summed E-state index contributed by atoms with van der Waals surface area (Å²) in [5.74, 6) is -0.232. The number of benzene rings is 3. The number of hydrogen-bond donors (Lipinski definition) is 0. The lowest BCUT2D eigenvalue weighted by Gasteiger charge is -2.36. The SMILES string of the molecule is CCc1ccc(-c2cc(C(=O)N3CCN(c4ccccc4F)CC3)c3ccccc3n2)cc1. The summed E-state index contributed by atoms with van der Waals surface area (Å²) in [5, 5.41) is 0.855. The lowest BCUT2D eigenvalue weighted by Crippen LogP contribution is -2.49. The van der Waals surface area contributed by atoms with Gasteiger partial charge in [-0.1, -0.05) is 61.5 Å². The Morgan fingerprint density at radius 1 is 0.909 bits per heavy atom. The van der Waals surface area contributed by atoms with Crippen molar-refractivity contribution in [1.82, 2.24) is 9.88 Å². The van der Waals surface area contributed by atoms with Crippen molar-refractivity contribution < 1.29 is 9.18 Å². The summed E-state index contributed by atoms with van der Waals surface area (Å²) in [7, 11) is 0. The summed E-state index contributed by atoms with van der Waals surface area (Å²) in [5.41, 5.74) is 5.12. The monoisotopic (exact) mass is 439 g/mol. The maximum Gasteiger partial charge on any atom is 0.254 e. The first-order valence-corrected chi connectivity index (χ1v) is 11.4. The number of rotatable bonds is 4. The van der Waals surface area contributed by atoms with Crippen molar-refractivity contribution in [3.05, 3.63) is 95.8 Å². The molecule has 1 aromatic heterocycles. The van der Waals surface area contributed by atoms with Crippen LogP contribution in [0.4, 0.5) is 10.1 Å². The normalized spacial score (nSPS) is 14.0. The second kappa shape index (κ2) is 9.02. The number of hydrogen-bond acceptors (Lipinski definition) is 3. The van der Waals surface area contributed by atoms with Gasteiger partial charge in [0.05, 0.1) is 22.5 Å². The van der Waals surface area contributed by atoms with Gasteiger partial charge in [0.15, 0.2) is 0 Å². The maximum atomic E-state index is 14.2. The van der Waals surface area contributed by atoms with Crippen LogP contribution in [0.15, 0.2) is 78.9 Å². The Kier molecular flexibility index (Phi) is 5.78. The van der Waals surface area contributed by atoms with Gasteiger partial charge < -0.3 is 9.80 Å². The van der Waals surface area contributed by atoms with Crippen molar-refractivity contribution in [2.75, 3.05) is 31.1 Å². The number of nitrogens with zero attached hydrogens (tertiary/aromatic N) is 3. The van der Waals surface area contributed by atoms with Crippen molar-refractivity contribution in [2.45, 2.75) is 13.3 Å². The molecule has 0 unspecified atom stereocenters. The molecule has 3 aromatic carbocycles. The van der Waals surface area contributed by atoms with E-state index < -0.39 is 0 Å². The summed E-state index contributed by atoms with van der Waals surface area (Å²) in [6.07, 6.45) is 0.980. The van der Waals surface area contributed by atoms with Crippen LogP contribution >= 0.6 is 0 Å². The number of carbonyl (C=O) groups is 1. The molecule has 0 N–H and O–H groups in total. The minimum atomic E-state index is -0.226. The Bertz CT molecular complexity index is 1290. The van der Waals surface area contributed by atoms with Gasteiger partial charge in [-0.05, 0) is 36.2 Å². The molecule has 1 fully saturated rings. The lowest BCUT2D eigenvalue weighted by molar-refractivity contribution is 0.0748. The van der Waals surface area contributed by atoms with Gasteiger partial charge in [-0.2, -0.15) is 0 Å². The van der Waals surface area contributed by atoms with Crippen molar-refractivity contribution in [3.8, 4) is 11.3 Å². The van der Waals surface area contributed by atoms with Crippen LogP contribution in [-0.2, 0) is 6.42 Å². The standard InChI is InChI=1S/C28H26FN3O/c1-2-20-11-13-21(14-12-20)26-19-23(22-7-3-5-9-25(22)30-26)28(33)32-17-15-31(16-18-32)27-10-6-4-8-24(27)29/h3-14,19H,2,15-18H2,1H3. The Morgan fingerprint density at radius 2 is 1.61 bits per heavy atom. The molecule has 166 valence electrons. The first kappa shape index (κ1) is 21.1. The molecule has 33 heavy (non-hydrogen) atoms. The van der Waals surface area contributed by atoms with E-state index in [4.69, 9.17) is 4.98 Å². The molecule has 0 saturated carbocycles. The average Bonchev–Trinajstić information content (AvgIpc) is 2.88. The second-order valence-electron chi connectivity index (χ2n) is 8.35. The largest absolute Gasteiger partial charge is 0.366 e. The maximum absolute atomic E-state index is 14.2. The predicted octanol–water partition coefficient (Wildman–Crippen LogP) is 5.57. The zero-order valence-electron chi connectivity index (χ0n) is 18.7. The summed E-state index contributed by atoms with van der Waals surface area (Å²) >= 11 is 0.